The first-order chi connectivity index (χ1) is 12.6. The maximum Gasteiger partial charge on any atom is 0.257 e. The van der Waals surface area contributed by atoms with Crippen molar-refractivity contribution in [3.05, 3.63) is 65.2 Å². The largest absolute Gasteiger partial charge is 0.496 e. The minimum atomic E-state index is -0.0490. The van der Waals surface area contributed by atoms with Crippen LogP contribution in [0.25, 0.3) is 0 Å². The van der Waals surface area contributed by atoms with Gasteiger partial charge >= 0.3 is 0 Å². The van der Waals surface area contributed by atoms with Gasteiger partial charge in [0.25, 0.3) is 11.8 Å². The van der Waals surface area contributed by atoms with E-state index in [1.807, 2.05) is 48.2 Å². The zero-order chi connectivity index (χ0) is 18.5. The van der Waals surface area contributed by atoms with E-state index in [4.69, 9.17) is 4.74 Å². The number of carbonyl (C=O) groups excluding carboxylic acids is 2. The molecule has 1 aliphatic rings. The monoisotopic (exact) mass is 352 g/mol. The molecule has 0 atom stereocenters. The van der Waals surface area contributed by atoms with Gasteiger partial charge in [-0.05, 0) is 37.6 Å². The van der Waals surface area contributed by atoms with Crippen LogP contribution in [0, 0.1) is 6.92 Å². The number of para-hydroxylation sites is 1. The van der Waals surface area contributed by atoms with Crippen molar-refractivity contribution < 1.29 is 14.3 Å². The molecule has 2 aromatic carbocycles. The number of hydrogen-bond donors (Lipinski definition) is 0. The minimum Gasteiger partial charge on any atom is -0.496 e. The molecule has 3 rings (SSSR count). The lowest BCUT2D eigenvalue weighted by Gasteiger charge is -2.23. The molecule has 2 aromatic rings. The van der Waals surface area contributed by atoms with Crippen LogP contribution in [0.15, 0.2) is 48.5 Å². The van der Waals surface area contributed by atoms with Crippen LogP contribution in [0.2, 0.25) is 0 Å². The number of nitrogens with zero attached hydrogens (tertiary/aromatic N) is 2. The normalized spacial score (nSPS) is 14.7. The number of methoxy groups -OCH3 is 1. The van der Waals surface area contributed by atoms with Crippen LogP contribution in [-0.2, 0) is 0 Å². The van der Waals surface area contributed by atoms with Gasteiger partial charge in [0.05, 0.1) is 12.7 Å². The second kappa shape index (κ2) is 8.04. The van der Waals surface area contributed by atoms with Gasteiger partial charge in [-0.15, -0.1) is 0 Å². The number of hydrogen-bond acceptors (Lipinski definition) is 3. The minimum absolute atomic E-state index is 0.0246. The Kier molecular flexibility index (Phi) is 5.56. The Balaban J connectivity index is 1.69. The van der Waals surface area contributed by atoms with Gasteiger partial charge in [-0.25, -0.2) is 0 Å². The summed E-state index contributed by atoms with van der Waals surface area (Å²) in [4.78, 5) is 29.2. The average molecular weight is 352 g/mol. The zero-order valence-electron chi connectivity index (χ0n) is 15.3. The van der Waals surface area contributed by atoms with Crippen LogP contribution in [0.3, 0.4) is 0 Å². The molecule has 0 spiro atoms. The lowest BCUT2D eigenvalue weighted by atomic mass is 10.1. The van der Waals surface area contributed by atoms with Crippen molar-refractivity contribution in [1.82, 2.24) is 9.80 Å². The Labute approximate surface area is 154 Å². The fourth-order valence-electron chi connectivity index (χ4n) is 3.19. The maximum atomic E-state index is 12.9. The molecule has 0 saturated carbocycles. The zero-order valence-corrected chi connectivity index (χ0v) is 15.3. The summed E-state index contributed by atoms with van der Waals surface area (Å²) in [5.74, 6) is 0.554. The number of rotatable bonds is 3. The van der Waals surface area contributed by atoms with Crippen LogP contribution in [0.4, 0.5) is 0 Å². The number of amides is 2. The number of ether oxygens (including phenoxy) is 1. The molecule has 1 fully saturated rings. The van der Waals surface area contributed by atoms with Gasteiger partial charge in [-0.1, -0.05) is 29.8 Å². The van der Waals surface area contributed by atoms with E-state index in [-0.39, 0.29) is 11.8 Å². The summed E-state index contributed by atoms with van der Waals surface area (Å²) >= 11 is 0. The standard InChI is InChI=1S/C21H24N2O3/c1-16-8-10-17(11-9-16)20(24)22-12-5-13-23(15-14-22)21(25)18-6-3-4-7-19(18)26-2/h3-4,6-11H,5,12-15H2,1-2H3. The molecular formula is C21H24N2O3. The highest BCUT2D eigenvalue weighted by Crippen LogP contribution is 2.20. The van der Waals surface area contributed by atoms with E-state index in [1.54, 1.807) is 24.1 Å². The molecule has 26 heavy (non-hydrogen) atoms. The second-order valence-corrected chi connectivity index (χ2v) is 6.50. The van der Waals surface area contributed by atoms with Crippen molar-refractivity contribution >= 4 is 11.8 Å². The third-order valence-corrected chi connectivity index (χ3v) is 4.71. The first kappa shape index (κ1) is 18.0. The molecule has 0 aliphatic carbocycles. The van der Waals surface area contributed by atoms with E-state index in [2.05, 4.69) is 0 Å². The van der Waals surface area contributed by atoms with Crippen molar-refractivity contribution in [3.8, 4) is 5.75 Å². The van der Waals surface area contributed by atoms with Crippen LogP contribution < -0.4 is 4.74 Å². The van der Waals surface area contributed by atoms with Crippen LogP contribution in [0.5, 0.6) is 5.75 Å². The number of carbonyl (C=O) groups is 2. The van der Waals surface area contributed by atoms with Gasteiger partial charge in [0.1, 0.15) is 5.75 Å². The first-order valence-electron chi connectivity index (χ1n) is 8.88. The smallest absolute Gasteiger partial charge is 0.257 e. The Morgan fingerprint density at radius 2 is 1.46 bits per heavy atom. The van der Waals surface area contributed by atoms with Gasteiger partial charge in [-0.3, -0.25) is 9.59 Å². The van der Waals surface area contributed by atoms with E-state index in [1.165, 1.54) is 0 Å². The third kappa shape index (κ3) is 3.87. The molecule has 5 nitrogen and oxygen atoms in total. The Morgan fingerprint density at radius 3 is 2.12 bits per heavy atom. The van der Waals surface area contributed by atoms with Crippen LogP contribution >= 0.6 is 0 Å². The van der Waals surface area contributed by atoms with Gasteiger partial charge in [0.2, 0.25) is 0 Å². The lowest BCUT2D eigenvalue weighted by Crippen LogP contribution is -2.37. The van der Waals surface area contributed by atoms with Crippen molar-refractivity contribution in [2.24, 2.45) is 0 Å². The van der Waals surface area contributed by atoms with E-state index < -0.39 is 0 Å². The predicted octanol–water partition coefficient (Wildman–Crippen LogP) is 2.99. The van der Waals surface area contributed by atoms with E-state index >= 15 is 0 Å². The summed E-state index contributed by atoms with van der Waals surface area (Å²) in [5, 5.41) is 0. The van der Waals surface area contributed by atoms with Gasteiger partial charge < -0.3 is 14.5 Å². The van der Waals surface area contributed by atoms with Crippen molar-refractivity contribution in [2.75, 3.05) is 33.3 Å². The number of aryl methyl sites for hydroxylation is 1. The highest BCUT2D eigenvalue weighted by molar-refractivity contribution is 5.97. The summed E-state index contributed by atoms with van der Waals surface area (Å²) in [5.41, 5.74) is 2.39. The molecule has 0 N–H and O–H groups in total. The summed E-state index contributed by atoms with van der Waals surface area (Å²) in [6, 6.07) is 14.9. The molecule has 1 saturated heterocycles. The average Bonchev–Trinajstić information content (AvgIpc) is 2.93. The molecule has 0 radical (unpaired) electrons. The van der Waals surface area contributed by atoms with Crippen LogP contribution in [0.1, 0.15) is 32.7 Å². The van der Waals surface area contributed by atoms with Gasteiger partial charge in [0, 0.05) is 31.7 Å². The van der Waals surface area contributed by atoms with Crippen molar-refractivity contribution in [3.63, 3.8) is 0 Å². The summed E-state index contributed by atoms with van der Waals surface area (Å²) in [6.07, 6.45) is 0.762. The fraction of sp³-hybridized carbons (Fsp3) is 0.333. The third-order valence-electron chi connectivity index (χ3n) is 4.71. The maximum absolute atomic E-state index is 12.9. The molecule has 2 amide bonds. The van der Waals surface area contributed by atoms with Gasteiger partial charge in [-0.2, -0.15) is 0 Å². The molecule has 0 bridgehead atoms. The van der Waals surface area contributed by atoms with E-state index in [9.17, 15) is 9.59 Å². The van der Waals surface area contributed by atoms with E-state index in [0.717, 1.165) is 12.0 Å². The summed E-state index contributed by atoms with van der Waals surface area (Å²) in [7, 11) is 1.57. The Bertz CT molecular complexity index is 786. The molecule has 0 aromatic heterocycles. The molecule has 0 unspecified atom stereocenters. The fourth-order valence-corrected chi connectivity index (χ4v) is 3.19. The van der Waals surface area contributed by atoms with Crippen molar-refractivity contribution in [1.29, 1.82) is 0 Å². The van der Waals surface area contributed by atoms with Crippen LogP contribution in [-0.4, -0.2) is 54.9 Å². The highest BCUT2D eigenvalue weighted by Gasteiger charge is 2.24. The lowest BCUT2D eigenvalue weighted by molar-refractivity contribution is 0.0717. The first-order valence-corrected chi connectivity index (χ1v) is 8.88. The van der Waals surface area contributed by atoms with Crippen molar-refractivity contribution in [2.45, 2.75) is 13.3 Å². The molecule has 136 valence electrons. The SMILES string of the molecule is COc1ccccc1C(=O)N1CCCN(C(=O)c2ccc(C)cc2)CC1. The Morgan fingerprint density at radius 1 is 0.846 bits per heavy atom. The molecule has 1 heterocycles. The summed E-state index contributed by atoms with van der Waals surface area (Å²) < 4.78 is 5.30. The second-order valence-electron chi connectivity index (χ2n) is 6.50. The Hall–Kier alpha value is -2.82. The quantitative estimate of drug-likeness (QED) is 0.853. The highest BCUT2D eigenvalue weighted by atomic mass is 16.5. The topological polar surface area (TPSA) is 49.9 Å². The summed E-state index contributed by atoms with van der Waals surface area (Å²) in [6.45, 7) is 4.35. The molecular weight excluding hydrogens is 328 g/mol. The van der Waals surface area contributed by atoms with E-state index in [0.29, 0.717) is 43.1 Å². The predicted molar refractivity (Wildman–Crippen MR) is 101 cm³/mol. The number of benzene rings is 2. The molecule has 1 aliphatic heterocycles. The van der Waals surface area contributed by atoms with Gasteiger partial charge in [0.15, 0.2) is 0 Å². The molecule has 5 heteroatoms.